The second-order valence-electron chi connectivity index (χ2n) is 8.34. The molecule has 0 saturated carbocycles. The van der Waals surface area contributed by atoms with Crippen LogP contribution in [0, 0.1) is 11.6 Å². The molecule has 1 atom stereocenters. The van der Waals surface area contributed by atoms with Gasteiger partial charge in [-0.2, -0.15) is 0 Å². The molecule has 13 heteroatoms. The number of esters is 1. The Labute approximate surface area is 214 Å². The number of methoxy groups -OCH3 is 1. The van der Waals surface area contributed by atoms with Crippen LogP contribution in [0.2, 0.25) is 0 Å². The fourth-order valence-electron chi connectivity index (χ4n) is 3.67. The summed E-state index contributed by atoms with van der Waals surface area (Å²) in [6.07, 6.45) is 3.61. The quantitative estimate of drug-likeness (QED) is 0.356. The molecule has 3 aromatic rings. The second-order valence-corrected chi connectivity index (χ2v) is 8.34. The molecule has 0 saturated heterocycles. The Bertz CT molecular complexity index is 1500. The number of nitrogens with one attached hydrogen (secondary N) is 1. The Balaban J connectivity index is 1.81. The first-order valence-corrected chi connectivity index (χ1v) is 11.5. The molecule has 202 valence electrons. The summed E-state index contributed by atoms with van der Waals surface area (Å²) in [5.41, 5.74) is -1.95. The molecule has 0 spiro atoms. The van der Waals surface area contributed by atoms with E-state index in [1.165, 1.54) is 34.5 Å². The molecule has 0 aliphatic heterocycles. The molecular weight excluding hydrogens is 508 g/mol. The highest BCUT2D eigenvalue weighted by Gasteiger charge is 2.21. The van der Waals surface area contributed by atoms with Crippen molar-refractivity contribution in [1.82, 2.24) is 14.3 Å². The monoisotopic (exact) mass is 533 g/mol. The fourth-order valence-corrected chi connectivity index (χ4v) is 3.67. The minimum atomic E-state index is -1.12. The van der Waals surface area contributed by atoms with Crippen LogP contribution in [0.4, 0.5) is 8.78 Å². The average Bonchev–Trinajstić information content (AvgIpc) is 2.86. The van der Waals surface area contributed by atoms with E-state index in [9.17, 15) is 32.8 Å². The van der Waals surface area contributed by atoms with Gasteiger partial charge in [-0.25, -0.2) is 8.78 Å². The van der Waals surface area contributed by atoms with Gasteiger partial charge in [0.15, 0.2) is 11.3 Å². The van der Waals surface area contributed by atoms with Crippen LogP contribution in [-0.2, 0) is 20.9 Å². The van der Waals surface area contributed by atoms with E-state index < -0.39 is 46.5 Å². The number of hydrogen-bond donors (Lipinski definition) is 2. The summed E-state index contributed by atoms with van der Waals surface area (Å²) >= 11 is 0. The number of benzene rings is 1. The van der Waals surface area contributed by atoms with Crippen LogP contribution in [-0.4, -0.2) is 45.6 Å². The third-order valence-electron chi connectivity index (χ3n) is 5.74. The van der Waals surface area contributed by atoms with E-state index in [1.54, 1.807) is 6.92 Å². The molecule has 2 N–H and O–H groups in total. The SMILES string of the molecule is COc1c(=O)c(C(=O)NCc2ccc(F)cc2F)cn2ccn([C@H](C)CCOC(=O)CCC(=O)O)c(=O)c12. The van der Waals surface area contributed by atoms with Gasteiger partial charge in [-0.05, 0) is 13.0 Å². The molecule has 1 aromatic carbocycles. The van der Waals surface area contributed by atoms with E-state index in [4.69, 9.17) is 14.6 Å². The minimum Gasteiger partial charge on any atom is -0.491 e. The second kappa shape index (κ2) is 12.1. The van der Waals surface area contributed by atoms with Crippen LogP contribution < -0.4 is 21.0 Å². The van der Waals surface area contributed by atoms with Crippen LogP contribution in [0.1, 0.15) is 48.1 Å². The van der Waals surface area contributed by atoms with Gasteiger partial charge in [-0.3, -0.25) is 24.0 Å². The fraction of sp³-hybridized carbons (Fsp3) is 0.320. The van der Waals surface area contributed by atoms with Gasteiger partial charge in [0.1, 0.15) is 17.2 Å². The molecule has 0 aliphatic carbocycles. The number of pyridine rings is 1. The number of ether oxygens (including phenoxy) is 2. The van der Waals surface area contributed by atoms with Crippen molar-refractivity contribution in [3.05, 3.63) is 80.1 Å². The van der Waals surface area contributed by atoms with E-state index in [0.29, 0.717) is 6.07 Å². The number of carbonyl (C=O) groups is 3. The number of carboxylic acids is 1. The molecule has 2 heterocycles. The molecule has 3 rings (SSSR count). The Morgan fingerprint density at radius 3 is 2.53 bits per heavy atom. The first-order chi connectivity index (χ1) is 18.0. The van der Waals surface area contributed by atoms with Gasteiger partial charge in [-0.15, -0.1) is 0 Å². The van der Waals surface area contributed by atoms with Gasteiger partial charge in [0.05, 0.1) is 26.6 Å². The molecule has 38 heavy (non-hydrogen) atoms. The number of amides is 1. The number of halogens is 2. The van der Waals surface area contributed by atoms with Crippen molar-refractivity contribution in [2.24, 2.45) is 0 Å². The van der Waals surface area contributed by atoms with Gasteiger partial charge in [-0.1, -0.05) is 6.07 Å². The van der Waals surface area contributed by atoms with Crippen LogP contribution in [0.15, 0.2) is 46.4 Å². The summed E-state index contributed by atoms with van der Waals surface area (Å²) in [4.78, 5) is 61.1. The summed E-state index contributed by atoms with van der Waals surface area (Å²) in [6, 6.07) is 2.39. The lowest BCUT2D eigenvalue weighted by molar-refractivity contribution is -0.147. The number of aromatic nitrogens is 2. The largest absolute Gasteiger partial charge is 0.491 e. The van der Waals surface area contributed by atoms with Crippen LogP contribution in [0.5, 0.6) is 5.75 Å². The molecule has 0 unspecified atom stereocenters. The molecular formula is C25H25F2N3O8. The zero-order chi connectivity index (χ0) is 28.0. The molecule has 2 aromatic heterocycles. The van der Waals surface area contributed by atoms with Crippen LogP contribution in [0.25, 0.3) is 5.52 Å². The smallest absolute Gasteiger partial charge is 0.306 e. The van der Waals surface area contributed by atoms with Crippen molar-refractivity contribution < 1.29 is 37.7 Å². The topological polar surface area (TPSA) is 145 Å². The van der Waals surface area contributed by atoms with Crippen molar-refractivity contribution in [3.8, 4) is 5.75 Å². The Hall–Kier alpha value is -4.55. The zero-order valence-electron chi connectivity index (χ0n) is 20.5. The molecule has 0 radical (unpaired) electrons. The predicted octanol–water partition coefficient (Wildman–Crippen LogP) is 2.04. The Morgan fingerprint density at radius 1 is 1.13 bits per heavy atom. The maximum absolute atomic E-state index is 13.9. The lowest BCUT2D eigenvalue weighted by atomic mass is 10.1. The van der Waals surface area contributed by atoms with E-state index in [1.807, 2.05) is 0 Å². The Kier molecular flexibility index (Phi) is 8.94. The highest BCUT2D eigenvalue weighted by Crippen LogP contribution is 2.16. The first kappa shape index (κ1) is 28.0. The van der Waals surface area contributed by atoms with E-state index in [0.717, 1.165) is 12.3 Å². The summed E-state index contributed by atoms with van der Waals surface area (Å²) in [5, 5.41) is 11.0. The first-order valence-electron chi connectivity index (χ1n) is 11.5. The number of hydrogen-bond acceptors (Lipinski definition) is 7. The maximum Gasteiger partial charge on any atom is 0.306 e. The third kappa shape index (κ3) is 6.41. The number of carbonyl (C=O) groups excluding carboxylic acids is 2. The van der Waals surface area contributed by atoms with Gasteiger partial charge in [0, 0.05) is 49.2 Å². The zero-order valence-corrected chi connectivity index (χ0v) is 20.5. The highest BCUT2D eigenvalue weighted by molar-refractivity contribution is 5.95. The van der Waals surface area contributed by atoms with E-state index >= 15 is 0 Å². The lowest BCUT2D eigenvalue weighted by Gasteiger charge is -2.17. The van der Waals surface area contributed by atoms with Gasteiger partial charge >= 0.3 is 11.9 Å². The van der Waals surface area contributed by atoms with Crippen molar-refractivity contribution >= 4 is 23.4 Å². The highest BCUT2D eigenvalue weighted by atomic mass is 19.1. The number of aliphatic carboxylic acids is 1. The normalized spacial score (nSPS) is 11.7. The number of fused-ring (bicyclic) bond motifs is 1. The summed E-state index contributed by atoms with van der Waals surface area (Å²) in [7, 11) is 1.17. The van der Waals surface area contributed by atoms with E-state index in [2.05, 4.69) is 5.32 Å². The number of rotatable bonds is 11. The standard InChI is InChI=1S/C25H25F2N3O8/c1-14(7-10-38-20(33)6-5-19(31)32)30-9-8-29-13-17(22(34)23(37-2)21(29)25(30)36)24(35)28-12-15-3-4-16(26)11-18(15)27/h3-4,8-9,11,13-14H,5-7,10,12H2,1-2H3,(H,28,35)(H,31,32)/t14-/m1/s1. The van der Waals surface area contributed by atoms with Gasteiger partial charge in [0.2, 0.25) is 5.43 Å². The molecule has 1 amide bonds. The van der Waals surface area contributed by atoms with Crippen LogP contribution in [0.3, 0.4) is 0 Å². The summed E-state index contributed by atoms with van der Waals surface area (Å²) in [5.74, 6) is -4.66. The van der Waals surface area contributed by atoms with Crippen molar-refractivity contribution in [2.45, 2.75) is 38.8 Å². The van der Waals surface area contributed by atoms with Gasteiger partial charge < -0.3 is 28.9 Å². The van der Waals surface area contributed by atoms with Gasteiger partial charge in [0.25, 0.3) is 11.5 Å². The molecule has 0 aliphatic rings. The third-order valence-corrected chi connectivity index (χ3v) is 5.74. The number of carboxylic acid groups (broad SMARTS) is 1. The van der Waals surface area contributed by atoms with Crippen molar-refractivity contribution in [3.63, 3.8) is 0 Å². The molecule has 0 fully saturated rings. The maximum atomic E-state index is 13.9. The molecule has 0 bridgehead atoms. The Morgan fingerprint density at radius 2 is 1.87 bits per heavy atom. The predicted molar refractivity (Wildman–Crippen MR) is 129 cm³/mol. The van der Waals surface area contributed by atoms with E-state index in [-0.39, 0.29) is 54.8 Å². The van der Waals surface area contributed by atoms with Crippen molar-refractivity contribution in [2.75, 3.05) is 13.7 Å². The molecule has 11 nitrogen and oxygen atoms in total. The van der Waals surface area contributed by atoms with Crippen molar-refractivity contribution in [1.29, 1.82) is 0 Å². The van der Waals surface area contributed by atoms with Crippen LogP contribution >= 0.6 is 0 Å². The lowest BCUT2D eigenvalue weighted by Crippen LogP contribution is -2.32. The minimum absolute atomic E-state index is 0.0112. The number of nitrogens with zero attached hydrogens (tertiary/aromatic N) is 2. The average molecular weight is 533 g/mol. The summed E-state index contributed by atoms with van der Waals surface area (Å²) in [6.45, 7) is 1.31. The summed E-state index contributed by atoms with van der Waals surface area (Å²) < 4.78 is 39.7.